The second-order valence-electron chi connectivity index (χ2n) is 7.78. The normalized spacial score (nSPS) is 32.2. The van der Waals surface area contributed by atoms with Crippen molar-refractivity contribution in [2.45, 2.75) is 90.1 Å². The van der Waals surface area contributed by atoms with Crippen LogP contribution in [0.5, 0.6) is 0 Å². The first-order chi connectivity index (χ1) is 11.3. The van der Waals surface area contributed by atoms with Crippen LogP contribution in [0.3, 0.4) is 0 Å². The molecule has 0 aliphatic heterocycles. The van der Waals surface area contributed by atoms with Crippen LogP contribution in [0.2, 0.25) is 0 Å². The minimum Gasteiger partial charge on any atom is -0.374 e. The Morgan fingerprint density at radius 2 is 1.52 bits per heavy atom. The molecular weight excluding hydrogens is 280 g/mol. The van der Waals surface area contributed by atoms with Crippen LogP contribution in [0.4, 0.5) is 0 Å². The van der Waals surface area contributed by atoms with Gasteiger partial charge in [0.15, 0.2) is 0 Å². The highest BCUT2D eigenvalue weighted by atomic mass is 16.5. The SMILES string of the molecule is C=CCC[C@H]1CC[C@H]([C@H]2CC[C@H](OC/C=C/CCC)CC2)CC1. The average Bonchev–Trinajstić information content (AvgIpc) is 2.61. The van der Waals surface area contributed by atoms with Crippen molar-refractivity contribution in [3.63, 3.8) is 0 Å². The molecule has 0 aromatic heterocycles. The molecule has 0 aromatic carbocycles. The summed E-state index contributed by atoms with van der Waals surface area (Å²) in [6.07, 6.45) is 23.4. The molecule has 132 valence electrons. The second-order valence-corrected chi connectivity index (χ2v) is 7.78. The minimum atomic E-state index is 0.529. The number of hydrogen-bond acceptors (Lipinski definition) is 1. The standard InChI is InChI=1S/C22H38O/c1-3-5-7-8-18-23-22-16-14-21(15-17-22)20-12-10-19(11-13-20)9-6-4-2/h4,7-8,19-22H,2-3,5-6,9-18H2,1H3/b8-7+/t19-,20-,21-,22-. The quantitative estimate of drug-likeness (QED) is 0.430. The third-order valence-corrected chi connectivity index (χ3v) is 6.11. The lowest BCUT2D eigenvalue weighted by Crippen LogP contribution is -2.28. The van der Waals surface area contributed by atoms with E-state index in [1.807, 2.05) is 0 Å². The zero-order valence-electron chi connectivity index (χ0n) is 15.3. The summed E-state index contributed by atoms with van der Waals surface area (Å²) in [5, 5.41) is 0. The van der Waals surface area contributed by atoms with Crippen molar-refractivity contribution in [2.75, 3.05) is 6.61 Å². The highest BCUT2D eigenvalue weighted by Crippen LogP contribution is 2.41. The van der Waals surface area contributed by atoms with Gasteiger partial charge >= 0.3 is 0 Å². The Morgan fingerprint density at radius 3 is 2.13 bits per heavy atom. The van der Waals surface area contributed by atoms with Gasteiger partial charge in [-0.15, -0.1) is 6.58 Å². The average molecular weight is 319 g/mol. The van der Waals surface area contributed by atoms with Crippen molar-refractivity contribution in [2.24, 2.45) is 17.8 Å². The fraction of sp³-hybridized carbons (Fsp3) is 0.818. The van der Waals surface area contributed by atoms with E-state index < -0.39 is 0 Å². The molecule has 0 amide bonds. The van der Waals surface area contributed by atoms with Crippen LogP contribution in [-0.4, -0.2) is 12.7 Å². The number of hydrogen-bond donors (Lipinski definition) is 0. The van der Waals surface area contributed by atoms with E-state index in [0.29, 0.717) is 6.10 Å². The van der Waals surface area contributed by atoms with E-state index >= 15 is 0 Å². The lowest BCUT2D eigenvalue weighted by Gasteiger charge is -2.37. The molecule has 0 radical (unpaired) electrons. The van der Waals surface area contributed by atoms with Crippen molar-refractivity contribution < 1.29 is 4.74 Å². The van der Waals surface area contributed by atoms with Crippen molar-refractivity contribution >= 4 is 0 Å². The minimum absolute atomic E-state index is 0.529. The van der Waals surface area contributed by atoms with Gasteiger partial charge in [-0.3, -0.25) is 0 Å². The van der Waals surface area contributed by atoms with E-state index in [-0.39, 0.29) is 0 Å². The highest BCUT2D eigenvalue weighted by Gasteiger charge is 2.30. The Hall–Kier alpha value is -0.560. The van der Waals surface area contributed by atoms with Gasteiger partial charge in [0, 0.05) is 0 Å². The number of unbranched alkanes of at least 4 members (excludes halogenated alkanes) is 1. The summed E-state index contributed by atoms with van der Waals surface area (Å²) in [4.78, 5) is 0. The molecule has 0 aromatic rings. The smallest absolute Gasteiger partial charge is 0.0651 e. The zero-order valence-corrected chi connectivity index (χ0v) is 15.3. The summed E-state index contributed by atoms with van der Waals surface area (Å²) in [5.41, 5.74) is 0. The summed E-state index contributed by atoms with van der Waals surface area (Å²) in [5.74, 6) is 2.99. The molecule has 1 nitrogen and oxygen atoms in total. The van der Waals surface area contributed by atoms with E-state index in [1.165, 1.54) is 77.0 Å². The van der Waals surface area contributed by atoms with Crippen LogP contribution in [0, 0.1) is 17.8 Å². The van der Waals surface area contributed by atoms with Gasteiger partial charge in [0.05, 0.1) is 12.7 Å². The Labute approximate surface area is 144 Å². The first-order valence-electron chi connectivity index (χ1n) is 10.2. The van der Waals surface area contributed by atoms with Crippen molar-refractivity contribution in [1.29, 1.82) is 0 Å². The molecule has 0 heterocycles. The van der Waals surface area contributed by atoms with Crippen LogP contribution in [-0.2, 0) is 4.74 Å². The van der Waals surface area contributed by atoms with Gasteiger partial charge in [-0.25, -0.2) is 0 Å². The van der Waals surface area contributed by atoms with Crippen LogP contribution < -0.4 is 0 Å². The van der Waals surface area contributed by atoms with Crippen LogP contribution in [0.1, 0.15) is 84.0 Å². The summed E-state index contributed by atoms with van der Waals surface area (Å²) >= 11 is 0. The molecule has 2 aliphatic rings. The molecular formula is C22H38O. The number of ether oxygens (including phenoxy) is 1. The van der Waals surface area contributed by atoms with E-state index in [1.54, 1.807) is 0 Å². The van der Waals surface area contributed by atoms with Crippen LogP contribution in [0.25, 0.3) is 0 Å². The van der Waals surface area contributed by atoms with Gasteiger partial charge in [-0.2, -0.15) is 0 Å². The maximum Gasteiger partial charge on any atom is 0.0651 e. The monoisotopic (exact) mass is 318 g/mol. The van der Waals surface area contributed by atoms with Crippen molar-refractivity contribution in [1.82, 2.24) is 0 Å². The number of rotatable bonds is 9. The predicted octanol–water partition coefficient (Wildman–Crippen LogP) is 6.69. The molecule has 2 rings (SSSR count). The van der Waals surface area contributed by atoms with E-state index in [4.69, 9.17) is 4.74 Å². The first kappa shape index (κ1) is 18.8. The van der Waals surface area contributed by atoms with Gasteiger partial charge in [-0.1, -0.05) is 44.4 Å². The summed E-state index contributed by atoms with van der Waals surface area (Å²) in [7, 11) is 0. The predicted molar refractivity (Wildman–Crippen MR) is 101 cm³/mol. The molecule has 0 bridgehead atoms. The first-order valence-corrected chi connectivity index (χ1v) is 10.2. The third kappa shape index (κ3) is 6.83. The molecule has 1 heteroatoms. The molecule has 0 N–H and O–H groups in total. The summed E-state index contributed by atoms with van der Waals surface area (Å²) in [6.45, 7) is 6.91. The summed E-state index contributed by atoms with van der Waals surface area (Å²) < 4.78 is 6.03. The maximum absolute atomic E-state index is 6.03. The zero-order chi connectivity index (χ0) is 16.3. The van der Waals surface area contributed by atoms with Gasteiger partial charge in [-0.05, 0) is 75.5 Å². The Balaban J connectivity index is 1.59. The number of allylic oxidation sites excluding steroid dienone is 2. The second kappa shape index (κ2) is 11.1. The molecule has 23 heavy (non-hydrogen) atoms. The van der Waals surface area contributed by atoms with Gasteiger partial charge < -0.3 is 4.74 Å². The fourth-order valence-electron chi connectivity index (χ4n) is 4.57. The molecule has 0 atom stereocenters. The highest BCUT2D eigenvalue weighted by molar-refractivity contribution is 4.85. The van der Waals surface area contributed by atoms with Crippen molar-refractivity contribution in [3.05, 3.63) is 24.8 Å². The van der Waals surface area contributed by atoms with E-state index in [0.717, 1.165) is 24.4 Å². The third-order valence-electron chi connectivity index (χ3n) is 6.11. The molecule has 2 fully saturated rings. The van der Waals surface area contributed by atoms with Gasteiger partial charge in [0.2, 0.25) is 0 Å². The Morgan fingerprint density at radius 1 is 0.870 bits per heavy atom. The topological polar surface area (TPSA) is 9.23 Å². The van der Waals surface area contributed by atoms with Gasteiger partial charge in [0.25, 0.3) is 0 Å². The summed E-state index contributed by atoms with van der Waals surface area (Å²) in [6, 6.07) is 0. The van der Waals surface area contributed by atoms with E-state index in [2.05, 4.69) is 31.7 Å². The fourth-order valence-corrected chi connectivity index (χ4v) is 4.57. The lowest BCUT2D eigenvalue weighted by molar-refractivity contribution is 0.0210. The molecule has 2 saturated carbocycles. The Bertz CT molecular complexity index is 330. The molecule has 0 unspecified atom stereocenters. The molecule has 0 saturated heterocycles. The maximum atomic E-state index is 6.03. The van der Waals surface area contributed by atoms with Crippen LogP contribution in [0.15, 0.2) is 24.8 Å². The van der Waals surface area contributed by atoms with Crippen LogP contribution >= 0.6 is 0 Å². The molecule has 0 spiro atoms. The molecule has 2 aliphatic carbocycles. The van der Waals surface area contributed by atoms with Gasteiger partial charge in [0.1, 0.15) is 0 Å². The van der Waals surface area contributed by atoms with E-state index in [9.17, 15) is 0 Å². The Kier molecular flexibility index (Phi) is 9.04. The largest absolute Gasteiger partial charge is 0.374 e. The van der Waals surface area contributed by atoms with Crippen molar-refractivity contribution in [3.8, 4) is 0 Å². The lowest BCUT2D eigenvalue weighted by atomic mass is 9.70.